The number of aryl methyl sites for hydroxylation is 1. The zero-order valence-corrected chi connectivity index (χ0v) is 7.70. The van der Waals surface area contributed by atoms with E-state index in [1.807, 2.05) is 6.20 Å². The highest BCUT2D eigenvalue weighted by Gasteiger charge is 2.26. The van der Waals surface area contributed by atoms with Gasteiger partial charge in [0, 0.05) is 19.3 Å². The molecule has 2 rings (SSSR count). The van der Waals surface area contributed by atoms with Crippen molar-refractivity contribution in [1.82, 2.24) is 14.7 Å². The predicted molar refractivity (Wildman–Crippen MR) is 48.1 cm³/mol. The van der Waals surface area contributed by atoms with Crippen molar-refractivity contribution < 1.29 is 0 Å². The summed E-state index contributed by atoms with van der Waals surface area (Å²) in [7, 11) is 0. The Morgan fingerprint density at radius 2 is 2.33 bits per heavy atom. The van der Waals surface area contributed by atoms with Crippen LogP contribution in [-0.2, 0) is 0 Å². The topological polar surface area (TPSA) is 21.1 Å². The van der Waals surface area contributed by atoms with Gasteiger partial charge in [0.25, 0.3) is 0 Å². The zero-order chi connectivity index (χ0) is 8.55. The first-order valence-corrected chi connectivity index (χ1v) is 4.52. The fourth-order valence-electron chi connectivity index (χ4n) is 1.60. The Bertz CT molecular complexity index is 260. The Morgan fingerprint density at radius 3 is 2.83 bits per heavy atom. The maximum absolute atomic E-state index is 4.30. The van der Waals surface area contributed by atoms with Crippen molar-refractivity contribution in [3.63, 3.8) is 0 Å². The smallest absolute Gasteiger partial charge is 0.0772 e. The molecule has 1 fully saturated rings. The summed E-state index contributed by atoms with van der Waals surface area (Å²) in [4.78, 5) is 2.42. The monoisotopic (exact) mass is 165 g/mol. The second-order valence-electron chi connectivity index (χ2n) is 3.50. The summed E-state index contributed by atoms with van der Waals surface area (Å²) in [6, 6.07) is 0.624. The minimum absolute atomic E-state index is 0.624. The molecule has 0 N–H and O–H groups in total. The molecule has 0 spiro atoms. The van der Waals surface area contributed by atoms with Crippen molar-refractivity contribution in [3.8, 4) is 0 Å². The van der Waals surface area contributed by atoms with Crippen LogP contribution in [0.2, 0.25) is 0 Å². The fraction of sp³-hybridized carbons (Fsp3) is 0.667. The molecule has 1 saturated heterocycles. The first kappa shape index (κ1) is 7.80. The van der Waals surface area contributed by atoms with E-state index in [9.17, 15) is 0 Å². The Kier molecular flexibility index (Phi) is 1.89. The maximum Gasteiger partial charge on any atom is 0.0772 e. The van der Waals surface area contributed by atoms with Gasteiger partial charge in [-0.1, -0.05) is 6.92 Å². The van der Waals surface area contributed by atoms with Crippen LogP contribution in [0.25, 0.3) is 0 Å². The lowest BCUT2D eigenvalue weighted by Crippen LogP contribution is -2.47. The molecule has 1 aliphatic heterocycles. The lowest BCUT2D eigenvalue weighted by atomic mass is 10.1. The van der Waals surface area contributed by atoms with E-state index in [0.29, 0.717) is 6.04 Å². The van der Waals surface area contributed by atoms with E-state index in [2.05, 4.69) is 34.7 Å². The Labute approximate surface area is 73.0 Å². The van der Waals surface area contributed by atoms with Crippen LogP contribution in [0.1, 0.15) is 18.5 Å². The van der Waals surface area contributed by atoms with Crippen LogP contribution < -0.4 is 0 Å². The minimum Gasteiger partial charge on any atom is -0.299 e. The SMILES string of the molecule is CCN1CC(n2cc(C)cn2)C1. The van der Waals surface area contributed by atoms with Gasteiger partial charge < -0.3 is 0 Å². The number of likely N-dealkylation sites (N-methyl/N-ethyl adjacent to an activating group) is 1. The molecule has 66 valence electrons. The Morgan fingerprint density at radius 1 is 1.58 bits per heavy atom. The molecule has 2 heterocycles. The average molecular weight is 165 g/mol. The fourth-order valence-corrected chi connectivity index (χ4v) is 1.60. The van der Waals surface area contributed by atoms with Gasteiger partial charge in [-0.3, -0.25) is 9.58 Å². The molecule has 0 radical (unpaired) electrons. The number of likely N-dealkylation sites (tertiary alicyclic amines) is 1. The van der Waals surface area contributed by atoms with Crippen LogP contribution in [-0.4, -0.2) is 34.3 Å². The number of hydrogen-bond donors (Lipinski definition) is 0. The van der Waals surface area contributed by atoms with Gasteiger partial charge in [-0.25, -0.2) is 0 Å². The summed E-state index contributed by atoms with van der Waals surface area (Å²) in [5.41, 5.74) is 1.25. The second-order valence-corrected chi connectivity index (χ2v) is 3.50. The van der Waals surface area contributed by atoms with Crippen LogP contribution in [0.3, 0.4) is 0 Å². The second kappa shape index (κ2) is 2.90. The summed E-state index contributed by atoms with van der Waals surface area (Å²) < 4.78 is 2.08. The van der Waals surface area contributed by atoms with Gasteiger partial charge >= 0.3 is 0 Å². The third-order valence-electron chi connectivity index (χ3n) is 2.49. The lowest BCUT2D eigenvalue weighted by Gasteiger charge is -2.38. The molecule has 0 saturated carbocycles. The lowest BCUT2D eigenvalue weighted by molar-refractivity contribution is 0.105. The van der Waals surface area contributed by atoms with E-state index < -0.39 is 0 Å². The Hall–Kier alpha value is -0.830. The summed E-state index contributed by atoms with van der Waals surface area (Å²) in [5, 5.41) is 4.30. The van der Waals surface area contributed by atoms with E-state index in [-0.39, 0.29) is 0 Å². The molecule has 3 heteroatoms. The molecule has 0 unspecified atom stereocenters. The molecular weight excluding hydrogens is 150 g/mol. The molecule has 0 amide bonds. The van der Waals surface area contributed by atoms with Gasteiger partial charge in [0.2, 0.25) is 0 Å². The van der Waals surface area contributed by atoms with E-state index in [1.165, 1.54) is 5.56 Å². The van der Waals surface area contributed by atoms with Crippen LogP contribution in [0.5, 0.6) is 0 Å². The first-order chi connectivity index (χ1) is 5.79. The molecule has 1 aromatic heterocycles. The minimum atomic E-state index is 0.624. The molecule has 3 nitrogen and oxygen atoms in total. The van der Waals surface area contributed by atoms with Crippen molar-refractivity contribution in [2.24, 2.45) is 0 Å². The quantitative estimate of drug-likeness (QED) is 0.653. The molecule has 0 aromatic carbocycles. The van der Waals surface area contributed by atoms with Crippen LogP contribution in [0, 0.1) is 6.92 Å². The largest absolute Gasteiger partial charge is 0.299 e. The van der Waals surface area contributed by atoms with Crippen molar-refractivity contribution in [3.05, 3.63) is 18.0 Å². The first-order valence-electron chi connectivity index (χ1n) is 4.52. The highest BCUT2D eigenvalue weighted by atomic mass is 15.4. The van der Waals surface area contributed by atoms with Gasteiger partial charge in [-0.05, 0) is 19.0 Å². The van der Waals surface area contributed by atoms with Crippen LogP contribution >= 0.6 is 0 Å². The number of rotatable bonds is 2. The average Bonchev–Trinajstić information content (AvgIpc) is 2.34. The zero-order valence-electron chi connectivity index (χ0n) is 7.70. The summed E-state index contributed by atoms with van der Waals surface area (Å²) in [5.74, 6) is 0. The Balaban J connectivity index is 1.96. The van der Waals surface area contributed by atoms with E-state index in [1.54, 1.807) is 0 Å². The highest BCUT2D eigenvalue weighted by molar-refractivity contribution is 5.02. The molecular formula is C9H15N3. The van der Waals surface area contributed by atoms with E-state index in [4.69, 9.17) is 0 Å². The normalized spacial score (nSPS) is 19.5. The predicted octanol–water partition coefficient (Wildman–Crippen LogP) is 1.07. The standard InChI is InChI=1S/C9H15N3/c1-3-11-6-9(7-11)12-5-8(2)4-10-12/h4-5,9H,3,6-7H2,1-2H3. The molecule has 1 aliphatic rings. The van der Waals surface area contributed by atoms with E-state index >= 15 is 0 Å². The van der Waals surface area contributed by atoms with Gasteiger partial charge in [-0.2, -0.15) is 5.10 Å². The molecule has 0 aliphatic carbocycles. The number of hydrogen-bond acceptors (Lipinski definition) is 2. The molecule has 12 heavy (non-hydrogen) atoms. The van der Waals surface area contributed by atoms with E-state index in [0.717, 1.165) is 19.6 Å². The molecule has 0 atom stereocenters. The van der Waals surface area contributed by atoms with Crippen molar-refractivity contribution in [2.45, 2.75) is 19.9 Å². The maximum atomic E-state index is 4.30. The van der Waals surface area contributed by atoms with Crippen molar-refractivity contribution >= 4 is 0 Å². The van der Waals surface area contributed by atoms with Crippen LogP contribution in [0.4, 0.5) is 0 Å². The highest BCUT2D eigenvalue weighted by Crippen LogP contribution is 2.19. The number of aromatic nitrogens is 2. The van der Waals surface area contributed by atoms with Gasteiger partial charge in [-0.15, -0.1) is 0 Å². The van der Waals surface area contributed by atoms with Crippen molar-refractivity contribution in [2.75, 3.05) is 19.6 Å². The van der Waals surface area contributed by atoms with Gasteiger partial charge in [0.15, 0.2) is 0 Å². The third kappa shape index (κ3) is 1.25. The summed E-state index contributed by atoms with van der Waals surface area (Å²) in [6.07, 6.45) is 4.05. The van der Waals surface area contributed by atoms with Gasteiger partial charge in [0.05, 0.1) is 12.2 Å². The number of nitrogens with zero attached hydrogens (tertiary/aromatic N) is 3. The van der Waals surface area contributed by atoms with Gasteiger partial charge in [0.1, 0.15) is 0 Å². The molecule has 0 bridgehead atoms. The summed E-state index contributed by atoms with van der Waals surface area (Å²) in [6.45, 7) is 7.77. The third-order valence-corrected chi connectivity index (χ3v) is 2.49. The van der Waals surface area contributed by atoms with Crippen molar-refractivity contribution in [1.29, 1.82) is 0 Å². The summed E-state index contributed by atoms with van der Waals surface area (Å²) >= 11 is 0. The molecule has 1 aromatic rings. The van der Waals surface area contributed by atoms with Crippen LogP contribution in [0.15, 0.2) is 12.4 Å².